The molecule has 5 heteroatoms. The Bertz CT molecular complexity index is 481. The quantitative estimate of drug-likeness (QED) is 0.807. The van der Waals surface area contributed by atoms with Gasteiger partial charge in [0.2, 0.25) is 0 Å². The highest BCUT2D eigenvalue weighted by Gasteiger charge is 2.56. The molecule has 1 aromatic heterocycles. The second-order valence-electron chi connectivity index (χ2n) is 4.69. The van der Waals surface area contributed by atoms with E-state index >= 15 is 0 Å². The third-order valence-electron chi connectivity index (χ3n) is 3.71. The van der Waals surface area contributed by atoms with Crippen molar-refractivity contribution in [2.24, 2.45) is 11.7 Å². The first kappa shape index (κ1) is 10.4. The van der Waals surface area contributed by atoms with Crippen molar-refractivity contribution in [2.45, 2.75) is 18.3 Å². The maximum atomic E-state index is 5.88. The lowest BCUT2D eigenvalue weighted by Gasteiger charge is -2.09. The summed E-state index contributed by atoms with van der Waals surface area (Å²) >= 11 is 0. The van der Waals surface area contributed by atoms with Gasteiger partial charge in [-0.05, 0) is 24.3 Å². The molecule has 2 aromatic rings. The summed E-state index contributed by atoms with van der Waals surface area (Å²) in [7, 11) is 0. The Labute approximate surface area is 99.4 Å². The van der Waals surface area contributed by atoms with Crippen LogP contribution in [0.5, 0.6) is 0 Å². The molecule has 3 rings (SSSR count). The lowest BCUT2D eigenvalue weighted by molar-refractivity contribution is 0.574. The Morgan fingerprint density at radius 3 is 2.82 bits per heavy atom. The molecule has 0 spiro atoms. The highest BCUT2D eigenvalue weighted by Crippen LogP contribution is 2.53. The summed E-state index contributed by atoms with van der Waals surface area (Å²) in [6.07, 6.45) is 2.09. The van der Waals surface area contributed by atoms with Crippen LogP contribution in [0, 0.1) is 5.92 Å². The minimum absolute atomic E-state index is 0.0527. The number of rotatable bonds is 4. The van der Waals surface area contributed by atoms with Gasteiger partial charge in [0.15, 0.2) is 5.82 Å². The number of H-pyrrole nitrogens is 1. The molecule has 0 amide bonds. The first-order chi connectivity index (χ1) is 8.35. The number of nitrogens with one attached hydrogen (secondary N) is 1. The summed E-state index contributed by atoms with van der Waals surface area (Å²) in [5.41, 5.74) is 7.17. The van der Waals surface area contributed by atoms with Crippen LogP contribution in [0.15, 0.2) is 30.3 Å². The normalized spacial score (nSPS) is 27.0. The lowest BCUT2D eigenvalue weighted by atomic mass is 9.98. The van der Waals surface area contributed by atoms with E-state index in [4.69, 9.17) is 5.73 Å². The zero-order valence-electron chi connectivity index (χ0n) is 9.50. The Morgan fingerprint density at radius 2 is 2.18 bits per heavy atom. The summed E-state index contributed by atoms with van der Waals surface area (Å²) in [6, 6.07) is 10.5. The smallest absolute Gasteiger partial charge is 0.182 e. The largest absolute Gasteiger partial charge is 0.329 e. The molecular formula is C12H15N5. The molecule has 3 N–H and O–H groups in total. The summed E-state index contributed by atoms with van der Waals surface area (Å²) in [5, 5.41) is 14.3. The monoisotopic (exact) mass is 229 g/mol. The third-order valence-corrected chi connectivity index (χ3v) is 3.71. The Balaban J connectivity index is 1.76. The van der Waals surface area contributed by atoms with Crippen molar-refractivity contribution in [3.63, 3.8) is 0 Å². The average Bonchev–Trinajstić information content (AvgIpc) is 2.83. The molecule has 1 aliphatic rings. The molecule has 0 saturated heterocycles. The van der Waals surface area contributed by atoms with E-state index in [0.29, 0.717) is 12.5 Å². The van der Waals surface area contributed by atoms with Crippen molar-refractivity contribution < 1.29 is 0 Å². The van der Waals surface area contributed by atoms with Crippen molar-refractivity contribution in [3.8, 4) is 0 Å². The Kier molecular flexibility index (Phi) is 2.40. The van der Waals surface area contributed by atoms with Crippen molar-refractivity contribution >= 4 is 0 Å². The second-order valence-corrected chi connectivity index (χ2v) is 4.69. The minimum atomic E-state index is -0.0527. The summed E-state index contributed by atoms with van der Waals surface area (Å²) < 4.78 is 0. The van der Waals surface area contributed by atoms with Crippen molar-refractivity contribution in [1.82, 2.24) is 20.6 Å². The zero-order valence-corrected chi connectivity index (χ0v) is 9.50. The van der Waals surface area contributed by atoms with Crippen LogP contribution in [0.25, 0.3) is 0 Å². The molecule has 0 aliphatic heterocycles. The fraction of sp³-hybridized carbons (Fsp3) is 0.417. The van der Waals surface area contributed by atoms with E-state index in [1.807, 2.05) is 6.07 Å². The number of nitrogens with zero attached hydrogens (tertiary/aromatic N) is 3. The molecule has 1 fully saturated rings. The molecule has 2 unspecified atom stereocenters. The van der Waals surface area contributed by atoms with Crippen molar-refractivity contribution in [3.05, 3.63) is 41.7 Å². The SMILES string of the molecule is NCC1(c2nn[nH]n2)CC1Cc1ccccc1. The fourth-order valence-corrected chi connectivity index (χ4v) is 2.53. The summed E-state index contributed by atoms with van der Waals surface area (Å²) in [5.74, 6) is 1.30. The highest BCUT2D eigenvalue weighted by molar-refractivity contribution is 5.26. The van der Waals surface area contributed by atoms with E-state index in [9.17, 15) is 0 Å². The van der Waals surface area contributed by atoms with E-state index in [1.165, 1.54) is 5.56 Å². The van der Waals surface area contributed by atoms with Crippen LogP contribution in [0.3, 0.4) is 0 Å². The van der Waals surface area contributed by atoms with E-state index in [2.05, 4.69) is 44.9 Å². The number of aromatic amines is 1. The summed E-state index contributed by atoms with van der Waals surface area (Å²) in [4.78, 5) is 0. The molecule has 0 radical (unpaired) electrons. The predicted octanol–water partition coefficient (Wildman–Crippen LogP) is 0.659. The van der Waals surface area contributed by atoms with Gasteiger partial charge in [0.25, 0.3) is 0 Å². The average molecular weight is 229 g/mol. The van der Waals surface area contributed by atoms with Gasteiger partial charge in [0.1, 0.15) is 0 Å². The van der Waals surface area contributed by atoms with Crippen LogP contribution in [-0.2, 0) is 11.8 Å². The summed E-state index contributed by atoms with van der Waals surface area (Å²) in [6.45, 7) is 0.587. The van der Waals surface area contributed by atoms with Gasteiger partial charge in [-0.2, -0.15) is 5.21 Å². The molecule has 17 heavy (non-hydrogen) atoms. The van der Waals surface area contributed by atoms with Crippen LogP contribution in [0.1, 0.15) is 17.8 Å². The number of hydrogen-bond donors (Lipinski definition) is 2. The number of aromatic nitrogens is 4. The predicted molar refractivity (Wildman–Crippen MR) is 63.2 cm³/mol. The molecular weight excluding hydrogens is 214 g/mol. The third kappa shape index (κ3) is 1.72. The standard InChI is InChI=1S/C12H15N5/c13-8-12(11-14-16-17-15-11)7-10(12)6-9-4-2-1-3-5-9/h1-5,10H,6-8,13H2,(H,14,15,16,17). The number of hydrogen-bond acceptors (Lipinski definition) is 4. The minimum Gasteiger partial charge on any atom is -0.329 e. The van der Waals surface area contributed by atoms with Crippen LogP contribution >= 0.6 is 0 Å². The first-order valence-electron chi connectivity index (χ1n) is 5.83. The van der Waals surface area contributed by atoms with Crippen molar-refractivity contribution in [1.29, 1.82) is 0 Å². The van der Waals surface area contributed by atoms with Gasteiger partial charge in [-0.3, -0.25) is 0 Å². The van der Waals surface area contributed by atoms with Gasteiger partial charge in [-0.15, -0.1) is 10.2 Å². The first-order valence-corrected chi connectivity index (χ1v) is 5.83. The maximum Gasteiger partial charge on any atom is 0.182 e. The maximum absolute atomic E-state index is 5.88. The Hall–Kier alpha value is -1.75. The molecule has 1 aromatic carbocycles. The van der Waals surface area contributed by atoms with Gasteiger partial charge >= 0.3 is 0 Å². The number of nitrogens with two attached hydrogens (primary N) is 1. The highest BCUT2D eigenvalue weighted by atomic mass is 15.5. The van der Waals surface area contributed by atoms with Crippen molar-refractivity contribution in [2.75, 3.05) is 6.54 Å². The zero-order chi connectivity index (χ0) is 11.7. The van der Waals surface area contributed by atoms with Crippen LogP contribution in [-0.4, -0.2) is 27.2 Å². The molecule has 2 atom stereocenters. The van der Waals surface area contributed by atoms with E-state index in [0.717, 1.165) is 18.7 Å². The van der Waals surface area contributed by atoms with E-state index < -0.39 is 0 Å². The number of tetrazole rings is 1. The van der Waals surface area contributed by atoms with Gasteiger partial charge in [-0.25, -0.2) is 0 Å². The van der Waals surface area contributed by atoms with E-state index in [1.54, 1.807) is 0 Å². The van der Waals surface area contributed by atoms with Gasteiger partial charge < -0.3 is 5.73 Å². The molecule has 88 valence electrons. The van der Waals surface area contributed by atoms with Crippen LogP contribution < -0.4 is 5.73 Å². The van der Waals surface area contributed by atoms with Gasteiger partial charge in [0, 0.05) is 12.0 Å². The fourth-order valence-electron chi connectivity index (χ4n) is 2.53. The van der Waals surface area contributed by atoms with Crippen LogP contribution in [0.2, 0.25) is 0 Å². The Morgan fingerprint density at radius 1 is 1.35 bits per heavy atom. The van der Waals surface area contributed by atoms with Crippen LogP contribution in [0.4, 0.5) is 0 Å². The molecule has 5 nitrogen and oxygen atoms in total. The van der Waals surface area contributed by atoms with E-state index in [-0.39, 0.29) is 5.41 Å². The van der Waals surface area contributed by atoms with Gasteiger partial charge in [0.05, 0.1) is 0 Å². The number of benzene rings is 1. The van der Waals surface area contributed by atoms with Gasteiger partial charge in [-0.1, -0.05) is 35.5 Å². The topological polar surface area (TPSA) is 80.5 Å². The molecule has 1 heterocycles. The second kappa shape index (κ2) is 3.92. The molecule has 1 aliphatic carbocycles. The molecule has 0 bridgehead atoms. The molecule has 1 saturated carbocycles. The lowest BCUT2D eigenvalue weighted by Crippen LogP contribution is -2.24.